The molecule has 1 aliphatic heterocycles. The Hall–Kier alpha value is -1.36. The van der Waals surface area contributed by atoms with Gasteiger partial charge in [0.1, 0.15) is 5.60 Å². The van der Waals surface area contributed by atoms with Gasteiger partial charge >= 0.3 is 0 Å². The first kappa shape index (κ1) is 15.2. The third-order valence-electron chi connectivity index (χ3n) is 4.88. The Kier molecular flexibility index (Phi) is 3.71. The Labute approximate surface area is 141 Å². The highest BCUT2D eigenvalue weighted by molar-refractivity contribution is 7.99. The summed E-state index contributed by atoms with van der Waals surface area (Å²) in [6.45, 7) is 3.13. The number of aromatic nitrogens is 1. The van der Waals surface area contributed by atoms with Gasteiger partial charge in [-0.25, -0.2) is 0 Å². The molecule has 4 rings (SSSR count). The van der Waals surface area contributed by atoms with Gasteiger partial charge in [-0.2, -0.15) is 0 Å². The van der Waals surface area contributed by atoms with Gasteiger partial charge in [-0.05, 0) is 35.4 Å². The zero-order valence-electron chi connectivity index (χ0n) is 13.3. The first-order valence-corrected chi connectivity index (χ1v) is 9.05. The summed E-state index contributed by atoms with van der Waals surface area (Å²) < 4.78 is 5.13. The van der Waals surface area contributed by atoms with Crippen molar-refractivity contribution in [2.24, 2.45) is 5.41 Å². The number of thioether (sulfide) groups is 1. The van der Waals surface area contributed by atoms with Crippen molar-refractivity contribution in [1.29, 1.82) is 0 Å². The lowest BCUT2D eigenvalue weighted by molar-refractivity contribution is -0.184. The summed E-state index contributed by atoms with van der Waals surface area (Å²) in [5.74, 6) is 1.17. The van der Waals surface area contributed by atoms with Gasteiger partial charge in [0.15, 0.2) is 0 Å². The van der Waals surface area contributed by atoms with Gasteiger partial charge in [-0.1, -0.05) is 31.2 Å². The number of hydrogen-bond donors (Lipinski definition) is 1. The third-order valence-corrected chi connectivity index (χ3v) is 6.38. The molecule has 1 aromatic carbocycles. The summed E-state index contributed by atoms with van der Waals surface area (Å²) in [5, 5.41) is 10.3. The average Bonchev–Trinajstić information content (AvgIpc) is 3.29. The summed E-state index contributed by atoms with van der Waals surface area (Å²) in [4.78, 5) is 5.58. The Morgan fingerprint density at radius 1 is 1.17 bits per heavy atom. The van der Waals surface area contributed by atoms with Gasteiger partial charge in [0, 0.05) is 28.6 Å². The van der Waals surface area contributed by atoms with E-state index in [4.69, 9.17) is 4.74 Å². The number of benzene rings is 1. The van der Waals surface area contributed by atoms with Crippen LogP contribution in [0.1, 0.15) is 25.3 Å². The Morgan fingerprint density at radius 3 is 2.52 bits per heavy atom. The van der Waals surface area contributed by atoms with Gasteiger partial charge < -0.3 is 9.84 Å². The maximum absolute atomic E-state index is 10.3. The Balaban J connectivity index is 1.57. The number of nitrogens with zero attached hydrogens (tertiary/aromatic N) is 1. The van der Waals surface area contributed by atoms with Crippen LogP contribution in [0.5, 0.6) is 0 Å². The molecule has 1 aliphatic carbocycles. The lowest BCUT2D eigenvalue weighted by Gasteiger charge is -2.36. The van der Waals surface area contributed by atoms with E-state index in [1.807, 2.05) is 36.3 Å². The summed E-state index contributed by atoms with van der Waals surface area (Å²) in [6, 6.07) is 10.3. The predicted molar refractivity (Wildman–Crippen MR) is 92.5 cm³/mol. The Bertz CT molecular complexity index is 706. The van der Waals surface area contributed by atoms with Crippen molar-refractivity contribution in [1.82, 2.24) is 4.98 Å². The van der Waals surface area contributed by atoms with E-state index in [1.165, 1.54) is 29.1 Å². The fourth-order valence-corrected chi connectivity index (χ4v) is 4.03. The number of hydrogen-bond acceptors (Lipinski definition) is 4. The van der Waals surface area contributed by atoms with E-state index in [0.717, 1.165) is 11.1 Å². The van der Waals surface area contributed by atoms with Crippen molar-refractivity contribution in [3.8, 4) is 11.1 Å². The molecular formula is C19H21NO2S. The van der Waals surface area contributed by atoms with Crippen LogP contribution in [-0.4, -0.2) is 29.1 Å². The monoisotopic (exact) mass is 327 g/mol. The zero-order valence-corrected chi connectivity index (χ0v) is 14.1. The van der Waals surface area contributed by atoms with E-state index in [2.05, 4.69) is 30.1 Å². The lowest BCUT2D eigenvalue weighted by Crippen LogP contribution is -2.46. The molecule has 1 saturated heterocycles. The number of pyridine rings is 1. The van der Waals surface area contributed by atoms with Crippen molar-refractivity contribution < 1.29 is 9.84 Å². The highest BCUT2D eigenvalue weighted by atomic mass is 32.2. The van der Waals surface area contributed by atoms with E-state index < -0.39 is 5.60 Å². The molecule has 3 nitrogen and oxygen atoms in total. The summed E-state index contributed by atoms with van der Waals surface area (Å²) in [6.07, 6.45) is 6.49. The minimum absolute atomic E-state index is 0.388. The summed E-state index contributed by atoms with van der Waals surface area (Å²) in [7, 11) is 0. The van der Waals surface area contributed by atoms with Gasteiger partial charge in [-0.15, -0.1) is 11.8 Å². The largest absolute Gasteiger partial charge is 0.380 e. The molecule has 0 amide bonds. The molecule has 2 heterocycles. The van der Waals surface area contributed by atoms with E-state index in [9.17, 15) is 5.11 Å². The van der Waals surface area contributed by atoms with Crippen LogP contribution >= 0.6 is 11.8 Å². The van der Waals surface area contributed by atoms with E-state index in [-0.39, 0.29) is 0 Å². The maximum Gasteiger partial charge on any atom is 0.136 e. The maximum atomic E-state index is 10.3. The second-order valence-corrected chi connectivity index (χ2v) is 8.09. The quantitative estimate of drug-likeness (QED) is 0.847. The van der Waals surface area contributed by atoms with Crippen LogP contribution in [0.25, 0.3) is 11.1 Å². The second kappa shape index (κ2) is 5.62. The molecule has 2 aliphatic rings. The van der Waals surface area contributed by atoms with Crippen molar-refractivity contribution in [3.63, 3.8) is 0 Å². The molecule has 1 saturated carbocycles. The van der Waals surface area contributed by atoms with Gasteiger partial charge in [-0.3, -0.25) is 4.98 Å². The van der Waals surface area contributed by atoms with E-state index in [1.54, 1.807) is 0 Å². The first-order chi connectivity index (χ1) is 11.1. The molecule has 0 bridgehead atoms. The molecule has 1 aromatic heterocycles. The van der Waals surface area contributed by atoms with Crippen LogP contribution < -0.4 is 0 Å². The van der Waals surface area contributed by atoms with Crippen LogP contribution in [0.2, 0.25) is 0 Å². The average molecular weight is 327 g/mol. The van der Waals surface area contributed by atoms with Crippen LogP contribution in [-0.2, 0) is 10.3 Å². The SMILES string of the molecule is CC1(CSc2ccncc2-c2ccc(C3(O)COC3)cc2)CC1. The van der Waals surface area contributed by atoms with Crippen molar-refractivity contribution in [3.05, 3.63) is 48.3 Å². The first-order valence-electron chi connectivity index (χ1n) is 8.06. The number of ether oxygens (including phenoxy) is 1. The highest BCUT2D eigenvalue weighted by Gasteiger charge is 2.38. The molecule has 2 fully saturated rings. The molecular weight excluding hydrogens is 306 g/mol. The second-order valence-electron chi connectivity index (χ2n) is 7.07. The van der Waals surface area contributed by atoms with Crippen molar-refractivity contribution >= 4 is 11.8 Å². The highest BCUT2D eigenvalue weighted by Crippen LogP contribution is 2.49. The number of aliphatic hydroxyl groups is 1. The van der Waals surface area contributed by atoms with Crippen molar-refractivity contribution in [2.45, 2.75) is 30.3 Å². The topological polar surface area (TPSA) is 42.4 Å². The fourth-order valence-electron chi connectivity index (χ4n) is 2.76. The molecule has 23 heavy (non-hydrogen) atoms. The van der Waals surface area contributed by atoms with Crippen molar-refractivity contribution in [2.75, 3.05) is 19.0 Å². The fraction of sp³-hybridized carbons (Fsp3) is 0.421. The van der Waals surface area contributed by atoms with Crippen LogP contribution in [0.4, 0.5) is 0 Å². The van der Waals surface area contributed by atoms with Crippen LogP contribution in [0.15, 0.2) is 47.6 Å². The van der Waals surface area contributed by atoms with Gasteiger partial charge in [0.2, 0.25) is 0 Å². The minimum atomic E-state index is -0.800. The number of rotatable bonds is 5. The molecule has 2 aromatic rings. The third kappa shape index (κ3) is 3.03. The Morgan fingerprint density at radius 2 is 1.91 bits per heavy atom. The standard InChI is InChI=1S/C19H21NO2S/c1-18(7-8-18)13-23-17-6-9-20-10-16(17)14-2-4-15(5-3-14)19(21)11-22-12-19/h2-6,9-10,21H,7-8,11-13H2,1H3. The molecule has 120 valence electrons. The summed E-state index contributed by atoms with van der Waals surface area (Å²) in [5.41, 5.74) is 2.98. The minimum Gasteiger partial charge on any atom is -0.380 e. The smallest absolute Gasteiger partial charge is 0.136 e. The normalized spacial score (nSPS) is 20.8. The lowest BCUT2D eigenvalue weighted by atomic mass is 9.91. The van der Waals surface area contributed by atoms with E-state index in [0.29, 0.717) is 18.6 Å². The van der Waals surface area contributed by atoms with E-state index >= 15 is 0 Å². The molecule has 0 unspecified atom stereocenters. The molecule has 1 N–H and O–H groups in total. The van der Waals surface area contributed by atoms with Crippen LogP contribution in [0.3, 0.4) is 0 Å². The molecule has 0 spiro atoms. The molecule has 4 heteroatoms. The summed E-state index contributed by atoms with van der Waals surface area (Å²) >= 11 is 1.93. The van der Waals surface area contributed by atoms with Crippen LogP contribution in [0, 0.1) is 5.41 Å². The predicted octanol–water partition coefficient (Wildman–Crippen LogP) is 3.86. The van der Waals surface area contributed by atoms with Gasteiger partial charge in [0.25, 0.3) is 0 Å². The zero-order chi connectivity index (χ0) is 15.9. The molecule has 0 radical (unpaired) electrons. The molecule has 0 atom stereocenters. The van der Waals surface area contributed by atoms with Gasteiger partial charge in [0.05, 0.1) is 13.2 Å².